The molecule has 0 N–H and O–H groups in total. The van der Waals surface area contributed by atoms with Crippen LogP contribution in [0, 0.1) is 6.92 Å². The van der Waals surface area contributed by atoms with E-state index < -0.39 is 0 Å². The maximum absolute atomic E-state index is 13.4. The fourth-order valence-electron chi connectivity index (χ4n) is 10.1. The number of rotatable bonds is 25. The first-order valence-electron chi connectivity index (χ1n) is 29.1. The molecule has 0 saturated carbocycles. The van der Waals surface area contributed by atoms with Crippen molar-refractivity contribution in [2.75, 3.05) is 34.0 Å². The minimum atomic E-state index is -0.161. The zero-order valence-corrected chi connectivity index (χ0v) is 49.6. The van der Waals surface area contributed by atoms with E-state index in [9.17, 15) is 4.79 Å². The number of para-hydroxylation sites is 1. The van der Waals surface area contributed by atoms with Crippen molar-refractivity contribution in [2.45, 2.75) is 52.6 Å². The van der Waals surface area contributed by atoms with Gasteiger partial charge in [0.1, 0.15) is 37.1 Å². The van der Waals surface area contributed by atoms with Crippen LogP contribution < -0.4 is 34.0 Å². The van der Waals surface area contributed by atoms with Gasteiger partial charge in [0.25, 0.3) is 23.2 Å². The molecule has 0 aliphatic carbocycles. The molecule has 31 heteroatoms. The lowest BCUT2D eigenvalue weighted by molar-refractivity contribution is 0.190. The second kappa shape index (κ2) is 24.9. The molecule has 0 aliphatic rings. The Morgan fingerprint density at radius 2 is 1.02 bits per heavy atom. The first kappa shape index (κ1) is 57.1. The number of hydrogen-bond donors (Lipinski definition) is 0. The molecular weight excluding hydrogens is 1200 g/mol. The van der Waals surface area contributed by atoms with Gasteiger partial charge in [-0.15, -0.1) is 45.9 Å². The van der Waals surface area contributed by atoms with Crippen LogP contribution in [0.25, 0.3) is 84.2 Å². The van der Waals surface area contributed by atoms with Gasteiger partial charge in [0.2, 0.25) is 17.5 Å². The van der Waals surface area contributed by atoms with Crippen molar-refractivity contribution in [1.82, 2.24) is 99.4 Å². The molecular formula is C62H50N20O11. The number of aryl methyl sites for hydroxylation is 2. The van der Waals surface area contributed by atoms with E-state index in [1.54, 1.807) is 91.8 Å². The van der Waals surface area contributed by atoms with Crippen LogP contribution in [0.4, 0.5) is 0 Å². The minimum absolute atomic E-state index is 0.0634. The van der Waals surface area contributed by atoms with Gasteiger partial charge < -0.3 is 51.3 Å². The molecule has 0 radical (unpaired) electrons. The standard InChI is InChI=1S/C62H50N20O11/c1-35-25-47(76-91-35)56-70-68-54-29-51(60(74-81(54)56)89-33-38-11-9-36-7-4-5-8-44(36)64-38)86-23-18-42-27-49(78-93-42)58-72-69-55-30-52(61(75-82(55)58)90-34-40-13-14-43-46(66-40)16-21-79(62(43)83)20-6-22-84-2)87-24-17-41-26-48(77-92-41)57-71-67-53-28-50(85-3)59(73-80(53)57)88-32-39-12-10-37-31-63-19-15-45(37)65-39/h4-5,7-16,19,21,25-31H,6,17-18,20,22-24,32-34H2,1-3H3. The molecule has 464 valence electrons. The Labute approximate surface area is 522 Å². The van der Waals surface area contributed by atoms with Crippen LogP contribution in [0.5, 0.6) is 34.9 Å². The molecule has 0 unspecified atom stereocenters. The van der Waals surface area contributed by atoms with Crippen molar-refractivity contribution >= 4 is 49.7 Å². The zero-order chi connectivity index (χ0) is 62.8. The minimum Gasteiger partial charge on any atom is -0.491 e. The molecule has 0 bridgehead atoms. The van der Waals surface area contributed by atoms with Crippen LogP contribution in [0.2, 0.25) is 0 Å². The van der Waals surface area contributed by atoms with Gasteiger partial charge in [-0.05, 0) is 61.9 Å². The van der Waals surface area contributed by atoms with Gasteiger partial charge in [0.05, 0.1) is 59.3 Å². The molecule has 14 aromatic heterocycles. The summed E-state index contributed by atoms with van der Waals surface area (Å²) in [6.45, 7) is 3.11. The third-order valence-corrected chi connectivity index (χ3v) is 14.8. The Kier molecular flexibility index (Phi) is 15.3. The number of nitrogens with zero attached hydrogens (tertiary/aromatic N) is 20. The maximum Gasteiger partial charge on any atom is 0.275 e. The summed E-state index contributed by atoms with van der Waals surface area (Å²) in [6.07, 6.45) is 6.33. The van der Waals surface area contributed by atoms with Crippen molar-refractivity contribution < 1.29 is 46.7 Å². The Hall–Kier alpha value is -12.4. The van der Waals surface area contributed by atoms with Crippen LogP contribution in [-0.4, -0.2) is 133 Å². The summed E-state index contributed by atoms with van der Waals surface area (Å²) in [7, 11) is 3.14. The lowest BCUT2D eigenvalue weighted by Crippen LogP contribution is -2.20. The lowest BCUT2D eigenvalue weighted by Gasteiger charge is -2.12. The predicted octanol–water partition coefficient (Wildman–Crippen LogP) is 7.50. The van der Waals surface area contributed by atoms with E-state index in [0.29, 0.717) is 122 Å². The van der Waals surface area contributed by atoms with Crippen LogP contribution in [-0.2, 0) is 43.9 Å². The number of benzene rings is 1. The smallest absolute Gasteiger partial charge is 0.275 e. The van der Waals surface area contributed by atoms with Crippen molar-refractivity contribution in [3.05, 3.63) is 173 Å². The van der Waals surface area contributed by atoms with Gasteiger partial charge in [0.15, 0.2) is 51.3 Å². The highest BCUT2D eigenvalue weighted by molar-refractivity contribution is 5.79. The Morgan fingerprint density at radius 1 is 0.495 bits per heavy atom. The summed E-state index contributed by atoms with van der Waals surface area (Å²) in [5.41, 5.74) is 6.01. The molecule has 0 saturated heterocycles. The molecule has 0 spiro atoms. The molecule has 31 nitrogen and oxygen atoms in total. The number of hydrogen-bond acceptors (Lipinski definition) is 27. The topological polar surface area (TPSA) is 345 Å². The van der Waals surface area contributed by atoms with Gasteiger partial charge in [0, 0.05) is 98.9 Å². The zero-order valence-electron chi connectivity index (χ0n) is 49.6. The summed E-state index contributed by atoms with van der Waals surface area (Å²) in [6, 6.07) is 32.7. The third-order valence-electron chi connectivity index (χ3n) is 14.8. The number of pyridine rings is 5. The van der Waals surface area contributed by atoms with Crippen LogP contribution >= 0.6 is 0 Å². The molecule has 0 amide bonds. The summed E-state index contributed by atoms with van der Waals surface area (Å²) in [5, 5.41) is 55.6. The highest BCUT2D eigenvalue weighted by Gasteiger charge is 2.24. The summed E-state index contributed by atoms with van der Waals surface area (Å²) < 4.78 is 65.4. The molecule has 15 rings (SSSR count). The first-order valence-corrected chi connectivity index (χ1v) is 29.1. The van der Waals surface area contributed by atoms with Crippen LogP contribution in [0.1, 0.15) is 40.8 Å². The number of fused-ring (bicyclic) bond motifs is 6. The predicted molar refractivity (Wildman–Crippen MR) is 325 cm³/mol. The first-order chi connectivity index (χ1) is 45.7. The molecule has 15 aromatic rings. The van der Waals surface area contributed by atoms with E-state index in [2.05, 4.69) is 61.1 Å². The van der Waals surface area contributed by atoms with Crippen molar-refractivity contribution in [1.29, 1.82) is 0 Å². The van der Waals surface area contributed by atoms with Gasteiger partial charge in [-0.2, -0.15) is 13.5 Å². The molecule has 0 aliphatic heterocycles. The summed E-state index contributed by atoms with van der Waals surface area (Å²) >= 11 is 0. The summed E-state index contributed by atoms with van der Waals surface area (Å²) in [5.74, 6) is 3.67. The van der Waals surface area contributed by atoms with Gasteiger partial charge in [-0.1, -0.05) is 39.7 Å². The lowest BCUT2D eigenvalue weighted by atomic mass is 10.2. The number of methoxy groups -OCH3 is 2. The quantitative estimate of drug-likeness (QED) is 0.0500. The Morgan fingerprint density at radius 3 is 1.60 bits per heavy atom. The van der Waals surface area contributed by atoms with E-state index in [4.69, 9.17) is 66.9 Å². The highest BCUT2D eigenvalue weighted by atomic mass is 16.5. The summed E-state index contributed by atoms with van der Waals surface area (Å²) in [4.78, 5) is 31.7. The Bertz CT molecular complexity index is 5310. The second-order valence-electron chi connectivity index (χ2n) is 21.0. The average Bonchev–Trinajstić information content (AvgIpc) is 1.76. The van der Waals surface area contributed by atoms with Gasteiger partial charge in [-0.25, -0.2) is 15.0 Å². The van der Waals surface area contributed by atoms with E-state index in [0.717, 1.165) is 21.8 Å². The van der Waals surface area contributed by atoms with Crippen LogP contribution in [0.3, 0.4) is 0 Å². The molecule has 0 atom stereocenters. The third kappa shape index (κ3) is 11.8. The van der Waals surface area contributed by atoms with Gasteiger partial charge >= 0.3 is 0 Å². The largest absolute Gasteiger partial charge is 0.491 e. The van der Waals surface area contributed by atoms with E-state index in [-0.39, 0.29) is 80.6 Å². The van der Waals surface area contributed by atoms with E-state index >= 15 is 0 Å². The molecule has 0 fully saturated rings. The van der Waals surface area contributed by atoms with Crippen molar-refractivity contribution in [2.24, 2.45) is 0 Å². The maximum atomic E-state index is 13.4. The fourth-order valence-corrected chi connectivity index (χ4v) is 10.1. The second-order valence-corrected chi connectivity index (χ2v) is 21.0. The molecule has 1 aromatic carbocycles. The van der Waals surface area contributed by atoms with Gasteiger partial charge in [-0.3, -0.25) is 9.78 Å². The van der Waals surface area contributed by atoms with E-state index in [1.807, 2.05) is 54.6 Å². The number of aromatic nitrogens is 20. The van der Waals surface area contributed by atoms with Crippen molar-refractivity contribution in [3.8, 4) is 69.4 Å². The number of ether oxygens (including phenoxy) is 7. The van der Waals surface area contributed by atoms with Crippen molar-refractivity contribution in [3.63, 3.8) is 0 Å². The Balaban J connectivity index is 0.662. The monoisotopic (exact) mass is 1250 g/mol. The normalized spacial score (nSPS) is 11.7. The van der Waals surface area contributed by atoms with Crippen LogP contribution in [0.15, 0.2) is 146 Å². The fraction of sp³-hybridized carbons (Fsp3) is 0.210. The molecule has 93 heavy (non-hydrogen) atoms. The highest BCUT2D eigenvalue weighted by Crippen LogP contribution is 2.33. The molecule has 14 heterocycles. The van der Waals surface area contributed by atoms with E-state index in [1.165, 1.54) is 20.7 Å². The SMILES string of the molecule is COCCCn1ccc2nc(COc3nn4c(-c5cc(CCOc6cc7nnc(-c8cc(C)on8)n7nc6OCc6ccc7ccccc7n6)on5)nnc4cc3OCCc3cc(-c4nnc5cc(OC)c(OCc6ccc7cnccc7n6)nn45)no3)ccc2c1=O. The average molecular weight is 1250 g/mol.